The Morgan fingerprint density at radius 2 is 1.67 bits per heavy atom. The molecule has 0 radical (unpaired) electrons. The van der Waals surface area contributed by atoms with Crippen LogP contribution < -0.4 is 14.5 Å². The zero-order valence-corrected chi connectivity index (χ0v) is 20.6. The minimum atomic E-state index is -0.663. The molecule has 0 atom stereocenters. The number of fused-ring (bicyclic) bond motifs is 1. The molecule has 2 aliphatic rings. The van der Waals surface area contributed by atoms with Gasteiger partial charge in [0.15, 0.2) is 11.6 Å². The summed E-state index contributed by atoms with van der Waals surface area (Å²) in [6.07, 6.45) is 0.799. The fraction of sp³-hybridized carbons (Fsp3) is 0.385. The van der Waals surface area contributed by atoms with Crippen molar-refractivity contribution >= 4 is 23.4 Å². The van der Waals surface area contributed by atoms with E-state index in [2.05, 4.69) is 9.97 Å². The second kappa shape index (κ2) is 11.3. The normalized spacial score (nSPS) is 15.6. The maximum absolute atomic E-state index is 14.9. The first kappa shape index (κ1) is 24.6. The first-order valence-electron chi connectivity index (χ1n) is 12.0. The minimum absolute atomic E-state index is 0.0303. The lowest BCUT2D eigenvalue weighted by atomic mass is 10.2. The first-order valence-corrected chi connectivity index (χ1v) is 13.1. The van der Waals surface area contributed by atoms with E-state index in [0.717, 1.165) is 29.0 Å². The molecular weight excluding hydrogens is 486 g/mol. The van der Waals surface area contributed by atoms with E-state index in [4.69, 9.17) is 9.47 Å². The van der Waals surface area contributed by atoms with Gasteiger partial charge in [0.1, 0.15) is 18.0 Å². The van der Waals surface area contributed by atoms with E-state index >= 15 is 0 Å². The van der Waals surface area contributed by atoms with Crippen molar-refractivity contribution in [2.75, 3.05) is 54.9 Å². The van der Waals surface area contributed by atoms with Gasteiger partial charge in [-0.2, -0.15) is 16.7 Å². The molecule has 2 aromatic carbocycles. The number of hydrogen-bond donors (Lipinski definition) is 1. The third kappa shape index (κ3) is 5.65. The van der Waals surface area contributed by atoms with Crippen molar-refractivity contribution in [1.82, 2.24) is 9.97 Å². The molecule has 1 saturated heterocycles. The van der Waals surface area contributed by atoms with Crippen LogP contribution in [0.4, 0.5) is 20.4 Å². The molecule has 1 fully saturated rings. The Bertz CT molecular complexity index is 1170. The van der Waals surface area contributed by atoms with E-state index < -0.39 is 11.6 Å². The highest BCUT2D eigenvalue weighted by Gasteiger charge is 2.26. The van der Waals surface area contributed by atoms with Gasteiger partial charge in [0.25, 0.3) is 0 Å². The molecule has 190 valence electrons. The Balaban J connectivity index is 1.15. The van der Waals surface area contributed by atoms with E-state index in [9.17, 15) is 13.9 Å². The average molecular weight is 515 g/mol. The van der Waals surface area contributed by atoms with Crippen LogP contribution in [0.5, 0.6) is 11.6 Å². The number of aromatic hydroxyl groups is 1. The molecule has 3 aromatic rings. The van der Waals surface area contributed by atoms with Crippen molar-refractivity contribution in [1.29, 1.82) is 0 Å². The summed E-state index contributed by atoms with van der Waals surface area (Å²) in [5, 5.41) is 10.3. The van der Waals surface area contributed by atoms with Crippen molar-refractivity contribution in [3.63, 3.8) is 0 Å². The van der Waals surface area contributed by atoms with Crippen LogP contribution in [-0.4, -0.2) is 60.2 Å². The summed E-state index contributed by atoms with van der Waals surface area (Å²) < 4.78 is 40.8. The molecule has 0 saturated carbocycles. The zero-order valence-electron chi connectivity index (χ0n) is 19.8. The van der Waals surface area contributed by atoms with Gasteiger partial charge in [-0.25, -0.2) is 13.8 Å². The van der Waals surface area contributed by atoms with E-state index in [0.29, 0.717) is 51.1 Å². The molecule has 2 aliphatic heterocycles. The summed E-state index contributed by atoms with van der Waals surface area (Å²) >= 11 is 1.75. The topological polar surface area (TPSA) is 71.0 Å². The number of aromatic nitrogens is 2. The number of aryl methyl sites for hydroxylation is 1. The van der Waals surface area contributed by atoms with E-state index in [-0.39, 0.29) is 23.9 Å². The maximum Gasteiger partial charge on any atom is 0.229 e. The fourth-order valence-electron chi connectivity index (χ4n) is 4.38. The number of halogens is 2. The summed E-state index contributed by atoms with van der Waals surface area (Å²) in [6, 6.07) is 12.2. The lowest BCUT2D eigenvalue weighted by Gasteiger charge is -2.36. The van der Waals surface area contributed by atoms with Gasteiger partial charge in [0.2, 0.25) is 11.8 Å². The highest BCUT2D eigenvalue weighted by molar-refractivity contribution is 7.98. The summed E-state index contributed by atoms with van der Waals surface area (Å²) in [4.78, 5) is 12.6. The number of anilines is 2. The van der Waals surface area contributed by atoms with Crippen LogP contribution in [0, 0.1) is 11.6 Å². The molecule has 0 bridgehead atoms. The first-order chi connectivity index (χ1) is 17.6. The minimum Gasteiger partial charge on any atom is -0.493 e. The molecule has 5 rings (SSSR count). The molecule has 0 spiro atoms. The lowest BCUT2D eigenvalue weighted by molar-refractivity contribution is 0.0887. The summed E-state index contributed by atoms with van der Waals surface area (Å²) in [7, 11) is 0. The second-order valence-electron chi connectivity index (χ2n) is 8.67. The zero-order chi connectivity index (χ0) is 24.9. The van der Waals surface area contributed by atoms with Crippen LogP contribution in [0.2, 0.25) is 0 Å². The Morgan fingerprint density at radius 1 is 0.944 bits per heavy atom. The van der Waals surface area contributed by atoms with Crippen LogP contribution in [-0.2, 0) is 23.5 Å². The van der Waals surface area contributed by atoms with Gasteiger partial charge < -0.3 is 24.4 Å². The van der Waals surface area contributed by atoms with E-state index in [1.807, 2.05) is 35.2 Å². The highest BCUT2D eigenvalue weighted by Crippen LogP contribution is 2.32. The summed E-state index contributed by atoms with van der Waals surface area (Å²) in [5.41, 5.74) is 2.68. The molecule has 7 nitrogen and oxygen atoms in total. The fourth-order valence-corrected chi connectivity index (χ4v) is 5.37. The van der Waals surface area contributed by atoms with Gasteiger partial charge in [0, 0.05) is 49.6 Å². The molecule has 0 unspecified atom stereocenters. The smallest absolute Gasteiger partial charge is 0.229 e. The van der Waals surface area contributed by atoms with Crippen LogP contribution >= 0.6 is 11.8 Å². The number of ether oxygens (including phenoxy) is 2. The number of rotatable bonds is 8. The predicted molar refractivity (Wildman–Crippen MR) is 136 cm³/mol. The predicted octanol–water partition coefficient (Wildman–Crippen LogP) is 4.17. The van der Waals surface area contributed by atoms with Gasteiger partial charge in [-0.15, -0.1) is 0 Å². The van der Waals surface area contributed by atoms with Crippen molar-refractivity contribution < 1.29 is 23.4 Å². The Kier molecular flexibility index (Phi) is 7.72. The van der Waals surface area contributed by atoms with Crippen LogP contribution in [0.1, 0.15) is 16.8 Å². The second-order valence-corrected chi connectivity index (χ2v) is 9.78. The van der Waals surface area contributed by atoms with Crippen LogP contribution in [0.25, 0.3) is 0 Å². The van der Waals surface area contributed by atoms with Crippen molar-refractivity contribution in [2.45, 2.75) is 18.8 Å². The van der Waals surface area contributed by atoms with E-state index in [1.54, 1.807) is 16.7 Å². The lowest BCUT2D eigenvalue weighted by Crippen LogP contribution is -2.47. The number of piperazine rings is 1. The number of benzene rings is 2. The molecule has 1 N–H and O–H groups in total. The number of nitrogens with zero attached hydrogens (tertiary/aromatic N) is 4. The van der Waals surface area contributed by atoms with Crippen molar-refractivity contribution in [3.8, 4) is 11.6 Å². The number of hydrogen-bond acceptors (Lipinski definition) is 8. The van der Waals surface area contributed by atoms with Gasteiger partial charge in [-0.05, 0) is 17.7 Å². The van der Waals surface area contributed by atoms with Crippen molar-refractivity contribution in [3.05, 3.63) is 70.9 Å². The SMILES string of the molecule is Oc1nc(N2CCN(c3c(F)cc(OCCOCc4ccccc4)cc3F)CC2)nc2c1CSCC2. The molecule has 0 aliphatic carbocycles. The quantitative estimate of drug-likeness (QED) is 0.449. The monoisotopic (exact) mass is 514 g/mol. The molecule has 10 heteroatoms. The van der Waals surface area contributed by atoms with E-state index in [1.165, 1.54) is 12.1 Å². The molecule has 3 heterocycles. The van der Waals surface area contributed by atoms with Gasteiger partial charge in [-0.1, -0.05) is 30.3 Å². The van der Waals surface area contributed by atoms with Crippen LogP contribution in [0.15, 0.2) is 42.5 Å². The summed E-state index contributed by atoms with van der Waals surface area (Å²) in [5.74, 6) is 0.989. The summed E-state index contributed by atoms with van der Waals surface area (Å²) in [6.45, 7) is 2.73. The van der Waals surface area contributed by atoms with Gasteiger partial charge in [-0.3, -0.25) is 0 Å². The standard InChI is InChI=1S/C26H28F2N4O3S/c27-21-14-19(35-12-11-34-16-18-4-2-1-3-5-18)15-22(28)24(21)31-7-9-32(10-8-31)26-29-23-6-13-36-17-20(23)25(33)30-26/h1-5,14-15H,6-13,16-17H2,(H,29,30,33). The van der Waals surface area contributed by atoms with Crippen molar-refractivity contribution in [2.24, 2.45) is 0 Å². The molecule has 36 heavy (non-hydrogen) atoms. The largest absolute Gasteiger partial charge is 0.493 e. The Hall–Kier alpha value is -3.11. The third-order valence-electron chi connectivity index (χ3n) is 6.27. The Labute approximate surface area is 213 Å². The van der Waals surface area contributed by atoms with Gasteiger partial charge >= 0.3 is 0 Å². The molecular formula is C26H28F2N4O3S. The highest BCUT2D eigenvalue weighted by atomic mass is 32.2. The molecule has 1 aromatic heterocycles. The third-order valence-corrected chi connectivity index (χ3v) is 7.25. The Morgan fingerprint density at radius 3 is 2.42 bits per heavy atom. The van der Waals surface area contributed by atoms with Gasteiger partial charge in [0.05, 0.1) is 18.9 Å². The number of thioether (sulfide) groups is 1. The van der Waals surface area contributed by atoms with Crippen LogP contribution in [0.3, 0.4) is 0 Å². The average Bonchev–Trinajstić information content (AvgIpc) is 2.89. The maximum atomic E-state index is 14.9. The molecule has 0 amide bonds.